The average molecular weight is 316 g/mol. The van der Waals surface area contributed by atoms with Gasteiger partial charge in [0.25, 0.3) is 5.91 Å². The summed E-state index contributed by atoms with van der Waals surface area (Å²) in [6.45, 7) is 0.183. The number of nitrogens with two attached hydrogens (primary N) is 1. The van der Waals surface area contributed by atoms with E-state index in [1.807, 2.05) is 0 Å². The van der Waals surface area contributed by atoms with Crippen molar-refractivity contribution in [2.24, 2.45) is 0 Å². The Hall–Kier alpha value is -2.22. The van der Waals surface area contributed by atoms with Crippen LogP contribution in [0.3, 0.4) is 0 Å². The fourth-order valence-corrected chi connectivity index (χ4v) is 2.31. The molecule has 0 aliphatic rings. The summed E-state index contributed by atoms with van der Waals surface area (Å²) in [5.74, 6) is -0.627. The molecule has 112 valence electrons. The zero-order valence-electron chi connectivity index (χ0n) is 10.6. The molecule has 0 aliphatic heterocycles. The molecule has 21 heavy (non-hydrogen) atoms. The van der Waals surface area contributed by atoms with E-state index in [2.05, 4.69) is 10.1 Å². The van der Waals surface area contributed by atoms with Crippen LogP contribution in [0.5, 0.6) is 5.75 Å². The number of carbonyl (C=O) groups excluding carboxylic acids is 1. The first-order chi connectivity index (χ1) is 9.85. The van der Waals surface area contributed by atoms with Crippen LogP contribution in [0.1, 0.15) is 15.2 Å². The molecule has 0 bridgehead atoms. The lowest BCUT2D eigenvalue weighted by Crippen LogP contribution is -2.22. The Labute approximate surface area is 122 Å². The highest BCUT2D eigenvalue weighted by Crippen LogP contribution is 2.23. The van der Waals surface area contributed by atoms with Crippen molar-refractivity contribution in [3.8, 4) is 5.75 Å². The van der Waals surface area contributed by atoms with E-state index >= 15 is 0 Å². The first kappa shape index (κ1) is 15.2. The minimum absolute atomic E-state index is 0.183. The first-order valence-electron chi connectivity index (χ1n) is 5.81. The molecule has 1 aromatic heterocycles. The number of hydrogen-bond acceptors (Lipinski definition) is 4. The molecular formula is C13H11F3N2O2S. The molecule has 0 spiro atoms. The second-order valence-electron chi connectivity index (χ2n) is 4.08. The Morgan fingerprint density at radius 3 is 2.43 bits per heavy atom. The third-order valence-corrected chi connectivity index (χ3v) is 3.44. The van der Waals surface area contributed by atoms with Gasteiger partial charge < -0.3 is 15.8 Å². The van der Waals surface area contributed by atoms with Crippen LogP contribution < -0.4 is 15.8 Å². The van der Waals surface area contributed by atoms with Crippen LogP contribution in [-0.4, -0.2) is 12.3 Å². The monoisotopic (exact) mass is 316 g/mol. The summed E-state index contributed by atoms with van der Waals surface area (Å²) in [5, 5.41) is 4.34. The van der Waals surface area contributed by atoms with E-state index < -0.39 is 6.36 Å². The van der Waals surface area contributed by atoms with Gasteiger partial charge in [-0.3, -0.25) is 4.79 Å². The topological polar surface area (TPSA) is 64.4 Å². The SMILES string of the molecule is Nc1ccsc1C(=O)NCc1ccc(OC(F)(F)F)cc1. The van der Waals surface area contributed by atoms with Crippen LogP contribution in [0, 0.1) is 0 Å². The summed E-state index contributed by atoms with van der Waals surface area (Å²) in [4.78, 5) is 12.2. The molecule has 1 aromatic carbocycles. The van der Waals surface area contributed by atoms with Gasteiger partial charge in [-0.2, -0.15) is 0 Å². The maximum absolute atomic E-state index is 12.0. The van der Waals surface area contributed by atoms with Crippen molar-refractivity contribution in [3.05, 3.63) is 46.2 Å². The van der Waals surface area contributed by atoms with E-state index in [1.54, 1.807) is 11.4 Å². The van der Waals surface area contributed by atoms with Gasteiger partial charge in [-0.05, 0) is 29.1 Å². The number of alkyl halides is 3. The predicted molar refractivity (Wildman–Crippen MR) is 73.0 cm³/mol. The Kier molecular flexibility index (Phi) is 4.37. The standard InChI is InChI=1S/C13H11F3N2O2S/c14-13(15,16)20-9-3-1-8(2-4-9)7-18-12(19)11-10(17)5-6-21-11/h1-6H,7,17H2,(H,18,19). The van der Waals surface area contributed by atoms with Crippen molar-refractivity contribution >= 4 is 22.9 Å². The summed E-state index contributed by atoms with van der Waals surface area (Å²) in [6.07, 6.45) is -4.72. The molecule has 3 N–H and O–H groups in total. The van der Waals surface area contributed by atoms with Gasteiger partial charge in [0.15, 0.2) is 0 Å². The maximum Gasteiger partial charge on any atom is 0.573 e. The number of benzene rings is 1. The Morgan fingerprint density at radius 1 is 1.24 bits per heavy atom. The molecule has 1 amide bonds. The summed E-state index contributed by atoms with van der Waals surface area (Å²) in [6, 6.07) is 6.89. The summed E-state index contributed by atoms with van der Waals surface area (Å²) >= 11 is 1.22. The highest BCUT2D eigenvalue weighted by Gasteiger charge is 2.30. The van der Waals surface area contributed by atoms with Crippen LogP contribution in [-0.2, 0) is 6.54 Å². The second kappa shape index (κ2) is 6.04. The van der Waals surface area contributed by atoms with E-state index in [-0.39, 0.29) is 18.2 Å². The normalized spacial score (nSPS) is 11.2. The molecule has 4 nitrogen and oxygen atoms in total. The maximum atomic E-state index is 12.0. The predicted octanol–water partition coefficient (Wildman–Crippen LogP) is 3.16. The van der Waals surface area contributed by atoms with Crippen LogP contribution >= 0.6 is 11.3 Å². The number of carbonyl (C=O) groups is 1. The quantitative estimate of drug-likeness (QED) is 0.910. The lowest BCUT2D eigenvalue weighted by Gasteiger charge is -2.09. The van der Waals surface area contributed by atoms with Gasteiger partial charge in [-0.1, -0.05) is 12.1 Å². The van der Waals surface area contributed by atoms with E-state index in [4.69, 9.17) is 5.73 Å². The molecule has 0 radical (unpaired) electrons. The van der Waals surface area contributed by atoms with Crippen molar-refractivity contribution < 1.29 is 22.7 Å². The summed E-state index contributed by atoms with van der Waals surface area (Å²) in [7, 11) is 0. The fourth-order valence-electron chi connectivity index (χ4n) is 1.58. The second-order valence-corrected chi connectivity index (χ2v) is 5.00. The first-order valence-corrected chi connectivity index (χ1v) is 6.69. The number of halogens is 3. The Morgan fingerprint density at radius 2 is 1.90 bits per heavy atom. The molecule has 2 rings (SSSR count). The van der Waals surface area contributed by atoms with Gasteiger partial charge in [0.1, 0.15) is 10.6 Å². The van der Waals surface area contributed by atoms with Gasteiger partial charge in [-0.25, -0.2) is 0 Å². The highest BCUT2D eigenvalue weighted by molar-refractivity contribution is 7.12. The van der Waals surface area contributed by atoms with Crippen LogP contribution in [0.2, 0.25) is 0 Å². The summed E-state index contributed by atoms with van der Waals surface area (Å²) in [5.41, 5.74) is 6.66. The number of nitrogens with one attached hydrogen (secondary N) is 1. The molecule has 0 saturated carbocycles. The molecule has 8 heteroatoms. The average Bonchev–Trinajstić information content (AvgIpc) is 2.82. The molecule has 2 aromatic rings. The Bertz CT molecular complexity index is 623. The third kappa shape index (κ3) is 4.38. The number of amides is 1. The number of rotatable bonds is 4. The van der Waals surface area contributed by atoms with E-state index in [0.29, 0.717) is 16.1 Å². The van der Waals surface area contributed by atoms with Gasteiger partial charge in [0, 0.05) is 6.54 Å². The molecule has 0 unspecified atom stereocenters. The van der Waals surface area contributed by atoms with Crippen LogP contribution in [0.25, 0.3) is 0 Å². The molecule has 1 heterocycles. The smallest absolute Gasteiger partial charge is 0.406 e. The zero-order valence-corrected chi connectivity index (χ0v) is 11.4. The van der Waals surface area contributed by atoms with E-state index in [1.165, 1.54) is 35.6 Å². The third-order valence-electron chi connectivity index (χ3n) is 2.51. The van der Waals surface area contributed by atoms with Gasteiger partial charge in [-0.15, -0.1) is 24.5 Å². The van der Waals surface area contributed by atoms with Gasteiger partial charge in [0.05, 0.1) is 5.69 Å². The van der Waals surface area contributed by atoms with Crippen molar-refractivity contribution in [2.45, 2.75) is 12.9 Å². The lowest BCUT2D eigenvalue weighted by molar-refractivity contribution is -0.274. The van der Waals surface area contributed by atoms with Crippen molar-refractivity contribution in [1.29, 1.82) is 0 Å². The van der Waals surface area contributed by atoms with Crippen LogP contribution in [0.15, 0.2) is 35.7 Å². The van der Waals surface area contributed by atoms with Gasteiger partial charge >= 0.3 is 6.36 Å². The number of anilines is 1. The number of hydrogen-bond donors (Lipinski definition) is 2. The van der Waals surface area contributed by atoms with Crippen molar-refractivity contribution in [3.63, 3.8) is 0 Å². The van der Waals surface area contributed by atoms with Gasteiger partial charge in [0.2, 0.25) is 0 Å². The van der Waals surface area contributed by atoms with E-state index in [9.17, 15) is 18.0 Å². The zero-order chi connectivity index (χ0) is 15.5. The van der Waals surface area contributed by atoms with Crippen molar-refractivity contribution in [1.82, 2.24) is 5.32 Å². The lowest BCUT2D eigenvalue weighted by atomic mass is 10.2. The summed E-state index contributed by atoms with van der Waals surface area (Å²) < 4.78 is 39.8. The molecule has 0 fully saturated rings. The van der Waals surface area contributed by atoms with E-state index in [0.717, 1.165) is 0 Å². The minimum atomic E-state index is -4.72. The highest BCUT2D eigenvalue weighted by atomic mass is 32.1. The number of thiophene rings is 1. The largest absolute Gasteiger partial charge is 0.573 e. The number of ether oxygens (including phenoxy) is 1. The fraction of sp³-hybridized carbons (Fsp3) is 0.154. The van der Waals surface area contributed by atoms with Crippen molar-refractivity contribution in [2.75, 3.05) is 5.73 Å². The molecule has 0 aliphatic carbocycles. The molecule has 0 atom stereocenters. The Balaban J connectivity index is 1.92. The molecular weight excluding hydrogens is 305 g/mol. The van der Waals surface area contributed by atoms with Crippen LogP contribution in [0.4, 0.5) is 18.9 Å². The molecule has 0 saturated heterocycles. The number of nitrogen functional groups attached to an aromatic ring is 1. The minimum Gasteiger partial charge on any atom is -0.406 e.